The first-order chi connectivity index (χ1) is 7.50. The third-order valence-corrected chi connectivity index (χ3v) is 2.55. The average Bonchev–Trinajstić information content (AvgIpc) is 2.53. The Hall–Kier alpha value is -2.08. The molecule has 0 bridgehead atoms. The van der Waals surface area contributed by atoms with E-state index < -0.39 is 12.0 Å². The molecule has 0 amide bonds. The number of carboxylic acid groups (broad SMARTS) is 1. The lowest BCUT2D eigenvalue weighted by molar-refractivity contribution is -0.138. The number of aryl methyl sites for hydroxylation is 1. The topological polar surface area (TPSA) is 101 Å². The second-order valence-corrected chi connectivity index (χ2v) is 3.58. The summed E-state index contributed by atoms with van der Waals surface area (Å²) in [5.74, 6) is -1.10. The predicted molar refractivity (Wildman–Crippen MR) is 58.1 cm³/mol. The van der Waals surface area contributed by atoms with Gasteiger partial charge in [-0.3, -0.25) is 9.36 Å². The monoisotopic (exact) mass is 221 g/mol. The van der Waals surface area contributed by atoms with Crippen molar-refractivity contribution in [3.05, 3.63) is 34.2 Å². The van der Waals surface area contributed by atoms with Gasteiger partial charge in [-0.25, -0.2) is 4.79 Å². The third kappa shape index (κ3) is 1.49. The predicted octanol–water partition coefficient (Wildman–Crippen LogP) is -0.0490. The second kappa shape index (κ2) is 3.49. The summed E-state index contributed by atoms with van der Waals surface area (Å²) >= 11 is 0. The Morgan fingerprint density at radius 1 is 1.56 bits per heavy atom. The van der Waals surface area contributed by atoms with Crippen LogP contribution in [0.25, 0.3) is 11.0 Å². The lowest BCUT2D eigenvalue weighted by Crippen LogP contribution is -2.20. The lowest BCUT2D eigenvalue weighted by Gasteiger charge is -2.06. The van der Waals surface area contributed by atoms with Gasteiger partial charge in [-0.15, -0.1) is 0 Å². The van der Waals surface area contributed by atoms with Gasteiger partial charge >= 0.3 is 11.7 Å². The van der Waals surface area contributed by atoms with E-state index in [-0.39, 0.29) is 5.69 Å². The molecule has 1 aromatic carbocycles. The molecule has 0 aliphatic heterocycles. The molecule has 6 nitrogen and oxygen atoms in total. The molecule has 16 heavy (non-hydrogen) atoms. The van der Waals surface area contributed by atoms with Crippen molar-refractivity contribution in [2.24, 2.45) is 12.8 Å². The molecule has 0 aliphatic rings. The standard InChI is InChI=1S/C10H11N3O3/c1-13-7-3-2-5(8(11)9(14)15)4-6(7)12-10(13)16/h2-4,8H,11H2,1H3,(H,12,16)(H,14,15). The smallest absolute Gasteiger partial charge is 0.326 e. The van der Waals surface area contributed by atoms with Crippen LogP contribution in [-0.2, 0) is 11.8 Å². The highest BCUT2D eigenvalue weighted by atomic mass is 16.4. The van der Waals surface area contributed by atoms with Gasteiger partial charge in [0.15, 0.2) is 0 Å². The number of carbonyl (C=O) groups is 1. The molecule has 2 rings (SSSR count). The molecule has 0 fully saturated rings. The summed E-state index contributed by atoms with van der Waals surface area (Å²) in [5.41, 5.74) is 6.99. The minimum atomic E-state index is -1.10. The number of nitrogens with one attached hydrogen (secondary N) is 1. The fraction of sp³-hybridized carbons (Fsp3) is 0.200. The summed E-state index contributed by atoms with van der Waals surface area (Å²) in [5, 5.41) is 8.77. The van der Waals surface area contributed by atoms with Gasteiger partial charge in [0.2, 0.25) is 0 Å². The van der Waals surface area contributed by atoms with Crippen LogP contribution in [0, 0.1) is 0 Å². The first kappa shape index (κ1) is 10.4. The highest BCUT2D eigenvalue weighted by Crippen LogP contribution is 2.16. The second-order valence-electron chi connectivity index (χ2n) is 3.58. The zero-order valence-corrected chi connectivity index (χ0v) is 8.60. The first-order valence-electron chi connectivity index (χ1n) is 4.67. The Kier molecular flexibility index (Phi) is 2.28. The Morgan fingerprint density at radius 3 is 2.88 bits per heavy atom. The average molecular weight is 221 g/mol. The molecular formula is C10H11N3O3. The number of hydrogen-bond acceptors (Lipinski definition) is 3. The van der Waals surface area contributed by atoms with Crippen LogP contribution in [0.2, 0.25) is 0 Å². The van der Waals surface area contributed by atoms with Gasteiger partial charge in [0.05, 0.1) is 11.0 Å². The number of rotatable bonds is 2. The maximum absolute atomic E-state index is 11.3. The number of nitrogens with two attached hydrogens (primary N) is 1. The summed E-state index contributed by atoms with van der Waals surface area (Å²) in [7, 11) is 1.64. The maximum Gasteiger partial charge on any atom is 0.326 e. The van der Waals surface area contributed by atoms with E-state index in [9.17, 15) is 9.59 Å². The van der Waals surface area contributed by atoms with Crippen molar-refractivity contribution >= 4 is 17.0 Å². The van der Waals surface area contributed by atoms with Crippen LogP contribution in [0.15, 0.2) is 23.0 Å². The van der Waals surface area contributed by atoms with Gasteiger partial charge in [0.1, 0.15) is 6.04 Å². The van der Waals surface area contributed by atoms with Crippen molar-refractivity contribution in [2.45, 2.75) is 6.04 Å². The molecule has 0 radical (unpaired) electrons. The Balaban J connectivity index is 2.61. The van der Waals surface area contributed by atoms with Crippen molar-refractivity contribution in [1.29, 1.82) is 0 Å². The number of aromatic amines is 1. The molecule has 2 aromatic rings. The lowest BCUT2D eigenvalue weighted by atomic mass is 10.1. The van der Waals surface area contributed by atoms with Gasteiger partial charge in [0, 0.05) is 7.05 Å². The van der Waals surface area contributed by atoms with E-state index in [4.69, 9.17) is 10.8 Å². The zero-order chi connectivity index (χ0) is 11.9. The van der Waals surface area contributed by atoms with Crippen LogP contribution in [-0.4, -0.2) is 20.6 Å². The molecule has 1 heterocycles. The minimum Gasteiger partial charge on any atom is -0.480 e. The molecule has 1 aromatic heterocycles. The van der Waals surface area contributed by atoms with E-state index in [1.165, 1.54) is 4.57 Å². The van der Waals surface area contributed by atoms with E-state index >= 15 is 0 Å². The van der Waals surface area contributed by atoms with Crippen molar-refractivity contribution < 1.29 is 9.90 Å². The van der Waals surface area contributed by atoms with Crippen LogP contribution in [0.1, 0.15) is 11.6 Å². The summed E-state index contributed by atoms with van der Waals surface area (Å²) < 4.78 is 1.45. The summed E-state index contributed by atoms with van der Waals surface area (Å²) in [6.07, 6.45) is 0. The van der Waals surface area contributed by atoms with Gasteiger partial charge in [-0.1, -0.05) is 6.07 Å². The highest BCUT2D eigenvalue weighted by molar-refractivity contribution is 5.80. The fourth-order valence-electron chi connectivity index (χ4n) is 1.59. The van der Waals surface area contributed by atoms with Gasteiger partial charge in [0.25, 0.3) is 0 Å². The zero-order valence-electron chi connectivity index (χ0n) is 8.60. The molecule has 0 saturated carbocycles. The molecule has 84 valence electrons. The van der Waals surface area contributed by atoms with E-state index in [1.54, 1.807) is 25.2 Å². The Labute approximate surface area is 90.3 Å². The third-order valence-electron chi connectivity index (χ3n) is 2.55. The summed E-state index contributed by atoms with van der Waals surface area (Å²) in [6, 6.07) is 3.78. The highest BCUT2D eigenvalue weighted by Gasteiger charge is 2.15. The molecule has 4 N–H and O–H groups in total. The largest absolute Gasteiger partial charge is 0.480 e. The van der Waals surface area contributed by atoms with E-state index in [0.717, 1.165) is 0 Å². The van der Waals surface area contributed by atoms with Gasteiger partial charge in [-0.2, -0.15) is 0 Å². The Bertz CT molecular complexity index is 611. The van der Waals surface area contributed by atoms with E-state index in [1.807, 2.05) is 0 Å². The molecule has 0 saturated heterocycles. The normalized spacial score (nSPS) is 12.9. The van der Waals surface area contributed by atoms with Crippen molar-refractivity contribution in [1.82, 2.24) is 9.55 Å². The van der Waals surface area contributed by atoms with E-state index in [2.05, 4.69) is 4.98 Å². The number of benzene rings is 1. The molecule has 1 atom stereocenters. The van der Waals surface area contributed by atoms with Crippen molar-refractivity contribution in [3.8, 4) is 0 Å². The number of hydrogen-bond donors (Lipinski definition) is 3. The van der Waals surface area contributed by atoms with Crippen LogP contribution in [0.4, 0.5) is 0 Å². The molecule has 6 heteroatoms. The minimum absolute atomic E-state index is 0.240. The first-order valence-corrected chi connectivity index (χ1v) is 4.67. The number of H-pyrrole nitrogens is 1. The number of carboxylic acids is 1. The summed E-state index contributed by atoms with van der Waals surface area (Å²) in [6.45, 7) is 0. The number of aliphatic carboxylic acids is 1. The van der Waals surface area contributed by atoms with Crippen LogP contribution >= 0.6 is 0 Å². The quantitative estimate of drug-likeness (QED) is 0.661. The van der Waals surface area contributed by atoms with Gasteiger partial charge < -0.3 is 15.8 Å². The van der Waals surface area contributed by atoms with Gasteiger partial charge in [-0.05, 0) is 17.7 Å². The number of nitrogens with zero attached hydrogens (tertiary/aromatic N) is 1. The maximum atomic E-state index is 11.3. The van der Waals surface area contributed by atoms with E-state index in [0.29, 0.717) is 16.6 Å². The molecule has 0 spiro atoms. The Morgan fingerprint density at radius 2 is 2.25 bits per heavy atom. The molecule has 1 unspecified atom stereocenters. The van der Waals surface area contributed by atoms with Crippen LogP contribution in [0.3, 0.4) is 0 Å². The fourth-order valence-corrected chi connectivity index (χ4v) is 1.59. The number of aromatic nitrogens is 2. The van der Waals surface area contributed by atoms with Crippen LogP contribution < -0.4 is 11.4 Å². The van der Waals surface area contributed by atoms with Crippen molar-refractivity contribution in [3.63, 3.8) is 0 Å². The molecule has 0 aliphatic carbocycles. The number of imidazole rings is 1. The van der Waals surface area contributed by atoms with Crippen LogP contribution in [0.5, 0.6) is 0 Å². The van der Waals surface area contributed by atoms with Crippen molar-refractivity contribution in [2.75, 3.05) is 0 Å². The summed E-state index contributed by atoms with van der Waals surface area (Å²) in [4.78, 5) is 24.6. The number of fused-ring (bicyclic) bond motifs is 1. The molecular weight excluding hydrogens is 210 g/mol. The SMILES string of the molecule is Cn1c(=O)[nH]c2cc(C(N)C(=O)O)ccc21.